The molecule has 0 saturated carbocycles. The molecule has 1 N–H and O–H groups in total. The van der Waals surface area contributed by atoms with Crippen LogP contribution in [0.5, 0.6) is 0 Å². The largest absolute Gasteiger partial charge is 0.341 e. The normalized spacial score (nSPS) is 26.8. The van der Waals surface area contributed by atoms with E-state index < -0.39 is 0 Å². The lowest BCUT2D eigenvalue weighted by atomic mass is 9.95. The molecule has 2 aliphatic heterocycles. The van der Waals surface area contributed by atoms with Gasteiger partial charge in [0.05, 0.1) is 6.04 Å². The molecule has 2 atom stereocenters. The number of fused-ring (bicyclic) bond motifs is 1. The summed E-state index contributed by atoms with van der Waals surface area (Å²) in [6, 6.07) is 8.41. The van der Waals surface area contributed by atoms with Crippen molar-refractivity contribution in [1.82, 2.24) is 10.2 Å². The summed E-state index contributed by atoms with van der Waals surface area (Å²) in [6.07, 6.45) is 4.39. The Morgan fingerprint density at radius 2 is 2.00 bits per heavy atom. The zero-order chi connectivity index (χ0) is 13.9. The Kier molecular flexibility index (Phi) is 4.06. The van der Waals surface area contributed by atoms with E-state index in [2.05, 4.69) is 41.4 Å². The van der Waals surface area contributed by atoms with Crippen LogP contribution in [0.15, 0.2) is 24.3 Å². The van der Waals surface area contributed by atoms with Gasteiger partial charge in [-0.1, -0.05) is 31.2 Å². The Hall–Kier alpha value is -1.35. The van der Waals surface area contributed by atoms with Gasteiger partial charge in [-0.2, -0.15) is 0 Å². The maximum Gasteiger partial charge on any atom is 0.240 e. The molecule has 0 aliphatic carbocycles. The average Bonchev–Trinajstić information content (AvgIpc) is 2.71. The van der Waals surface area contributed by atoms with Crippen molar-refractivity contribution >= 4 is 5.91 Å². The molecule has 2 unspecified atom stereocenters. The second-order valence-corrected chi connectivity index (χ2v) is 6.27. The first-order chi connectivity index (χ1) is 9.74. The number of carbonyl (C=O) groups is 1. The summed E-state index contributed by atoms with van der Waals surface area (Å²) in [5, 5.41) is 3.41. The molecule has 1 aromatic rings. The van der Waals surface area contributed by atoms with Crippen LogP contribution in [-0.4, -0.2) is 29.9 Å². The molecule has 0 radical (unpaired) electrons. The van der Waals surface area contributed by atoms with E-state index in [4.69, 9.17) is 0 Å². The van der Waals surface area contributed by atoms with Gasteiger partial charge in [-0.3, -0.25) is 4.79 Å². The van der Waals surface area contributed by atoms with E-state index in [0.717, 1.165) is 44.8 Å². The third kappa shape index (κ3) is 2.88. The van der Waals surface area contributed by atoms with Crippen molar-refractivity contribution in [3.8, 4) is 0 Å². The molecular formula is C17H24N2O. The molecule has 1 amide bonds. The summed E-state index contributed by atoms with van der Waals surface area (Å²) in [4.78, 5) is 14.8. The lowest BCUT2D eigenvalue weighted by molar-refractivity contribution is -0.133. The Labute approximate surface area is 121 Å². The highest BCUT2D eigenvalue weighted by atomic mass is 16.2. The number of benzene rings is 1. The van der Waals surface area contributed by atoms with E-state index in [1.165, 1.54) is 17.5 Å². The first kappa shape index (κ1) is 13.6. The van der Waals surface area contributed by atoms with Crippen LogP contribution in [0.2, 0.25) is 0 Å². The summed E-state index contributed by atoms with van der Waals surface area (Å²) in [7, 11) is 0. The van der Waals surface area contributed by atoms with Gasteiger partial charge < -0.3 is 10.2 Å². The summed E-state index contributed by atoms with van der Waals surface area (Å²) < 4.78 is 0. The maximum absolute atomic E-state index is 12.7. The molecule has 0 spiro atoms. The second-order valence-electron chi connectivity index (χ2n) is 6.27. The van der Waals surface area contributed by atoms with Crippen LogP contribution in [0.25, 0.3) is 0 Å². The van der Waals surface area contributed by atoms with Crippen molar-refractivity contribution in [3.63, 3.8) is 0 Å². The van der Waals surface area contributed by atoms with Crippen molar-refractivity contribution in [3.05, 3.63) is 35.4 Å². The number of hydrogen-bond donors (Lipinski definition) is 1. The van der Waals surface area contributed by atoms with E-state index >= 15 is 0 Å². The van der Waals surface area contributed by atoms with Crippen molar-refractivity contribution in [2.24, 2.45) is 5.92 Å². The molecule has 0 aromatic heterocycles. The monoisotopic (exact) mass is 272 g/mol. The molecule has 3 nitrogen and oxygen atoms in total. The molecular weight excluding hydrogens is 248 g/mol. The molecule has 3 heteroatoms. The molecule has 108 valence electrons. The molecule has 2 aliphatic rings. The topological polar surface area (TPSA) is 32.3 Å². The molecule has 1 fully saturated rings. The zero-order valence-corrected chi connectivity index (χ0v) is 12.3. The Bertz CT molecular complexity index is 486. The molecule has 2 heterocycles. The average molecular weight is 272 g/mol. The summed E-state index contributed by atoms with van der Waals surface area (Å²) in [5.74, 6) is 1.06. The Morgan fingerprint density at radius 3 is 2.85 bits per heavy atom. The van der Waals surface area contributed by atoms with Crippen LogP contribution in [0.4, 0.5) is 0 Å². The summed E-state index contributed by atoms with van der Waals surface area (Å²) >= 11 is 0. The summed E-state index contributed by atoms with van der Waals surface area (Å²) in [5.41, 5.74) is 2.66. The third-order valence-corrected chi connectivity index (χ3v) is 4.71. The van der Waals surface area contributed by atoms with Crippen LogP contribution >= 0.6 is 0 Å². The number of nitrogens with zero attached hydrogens (tertiary/aromatic N) is 1. The SMILES string of the molecule is CC1CCCN(C(=O)C2Cc3ccccc3CN2)CC1. The first-order valence-electron chi connectivity index (χ1n) is 7.83. The van der Waals surface area contributed by atoms with Gasteiger partial charge in [-0.15, -0.1) is 0 Å². The zero-order valence-electron chi connectivity index (χ0n) is 12.3. The number of hydrogen-bond acceptors (Lipinski definition) is 2. The highest BCUT2D eigenvalue weighted by Crippen LogP contribution is 2.20. The molecule has 1 aromatic carbocycles. The van der Waals surface area contributed by atoms with Crippen LogP contribution < -0.4 is 5.32 Å². The maximum atomic E-state index is 12.7. The van der Waals surface area contributed by atoms with Crippen molar-refractivity contribution in [1.29, 1.82) is 0 Å². The predicted molar refractivity (Wildman–Crippen MR) is 80.4 cm³/mol. The quantitative estimate of drug-likeness (QED) is 0.851. The van der Waals surface area contributed by atoms with E-state index in [1.807, 2.05) is 0 Å². The van der Waals surface area contributed by atoms with Gasteiger partial charge in [-0.25, -0.2) is 0 Å². The van der Waals surface area contributed by atoms with Gasteiger partial charge in [0.25, 0.3) is 0 Å². The summed E-state index contributed by atoms with van der Waals surface area (Å²) in [6.45, 7) is 4.97. The van der Waals surface area contributed by atoms with Gasteiger partial charge in [0.15, 0.2) is 0 Å². The van der Waals surface area contributed by atoms with Crippen LogP contribution in [0, 0.1) is 5.92 Å². The van der Waals surface area contributed by atoms with Gasteiger partial charge in [0, 0.05) is 19.6 Å². The number of likely N-dealkylation sites (tertiary alicyclic amines) is 1. The number of nitrogens with one attached hydrogen (secondary N) is 1. The lowest BCUT2D eigenvalue weighted by Gasteiger charge is -2.30. The van der Waals surface area contributed by atoms with Crippen LogP contribution in [-0.2, 0) is 17.8 Å². The van der Waals surface area contributed by atoms with Crippen molar-refractivity contribution in [2.45, 2.75) is 45.2 Å². The Morgan fingerprint density at radius 1 is 1.20 bits per heavy atom. The first-order valence-corrected chi connectivity index (χ1v) is 7.83. The van der Waals surface area contributed by atoms with Crippen LogP contribution in [0.1, 0.15) is 37.3 Å². The fourth-order valence-electron chi connectivity index (χ4n) is 3.33. The van der Waals surface area contributed by atoms with E-state index in [9.17, 15) is 4.79 Å². The lowest BCUT2D eigenvalue weighted by Crippen LogP contribution is -2.49. The van der Waals surface area contributed by atoms with Gasteiger partial charge in [0.1, 0.15) is 0 Å². The minimum Gasteiger partial charge on any atom is -0.341 e. The van der Waals surface area contributed by atoms with Crippen molar-refractivity contribution < 1.29 is 4.79 Å². The highest BCUT2D eigenvalue weighted by molar-refractivity contribution is 5.82. The van der Waals surface area contributed by atoms with Gasteiger partial charge >= 0.3 is 0 Å². The predicted octanol–water partition coefficient (Wildman–Crippen LogP) is 2.35. The fourth-order valence-corrected chi connectivity index (χ4v) is 3.33. The molecule has 3 rings (SSSR count). The standard InChI is InChI=1S/C17H24N2O/c1-13-5-4-9-19(10-8-13)17(20)16-11-14-6-2-3-7-15(14)12-18-16/h2-3,6-7,13,16,18H,4-5,8-12H2,1H3. The van der Waals surface area contributed by atoms with E-state index in [1.54, 1.807) is 0 Å². The number of amides is 1. The number of carbonyl (C=O) groups excluding carboxylic acids is 1. The molecule has 1 saturated heterocycles. The second kappa shape index (κ2) is 5.96. The van der Waals surface area contributed by atoms with Crippen LogP contribution in [0.3, 0.4) is 0 Å². The minimum absolute atomic E-state index is 0.0293. The smallest absolute Gasteiger partial charge is 0.240 e. The fraction of sp³-hybridized carbons (Fsp3) is 0.588. The third-order valence-electron chi connectivity index (χ3n) is 4.71. The van der Waals surface area contributed by atoms with E-state index in [-0.39, 0.29) is 6.04 Å². The highest BCUT2D eigenvalue weighted by Gasteiger charge is 2.28. The molecule has 0 bridgehead atoms. The minimum atomic E-state index is -0.0293. The van der Waals surface area contributed by atoms with Crippen molar-refractivity contribution in [2.75, 3.05) is 13.1 Å². The van der Waals surface area contributed by atoms with E-state index in [0.29, 0.717) is 5.91 Å². The van der Waals surface area contributed by atoms with Gasteiger partial charge in [0.2, 0.25) is 5.91 Å². The molecule has 20 heavy (non-hydrogen) atoms. The van der Waals surface area contributed by atoms with Gasteiger partial charge in [-0.05, 0) is 42.7 Å². The number of rotatable bonds is 1. The Balaban J connectivity index is 1.66.